The molecule has 3 rings (SSSR count). The van der Waals surface area contributed by atoms with Gasteiger partial charge in [0.15, 0.2) is 5.96 Å². The van der Waals surface area contributed by atoms with Crippen LogP contribution in [0.2, 0.25) is 0 Å². The highest BCUT2D eigenvalue weighted by molar-refractivity contribution is 5.79. The fourth-order valence-corrected chi connectivity index (χ4v) is 2.39. The molecular weight excluding hydrogens is 300 g/mol. The van der Waals surface area contributed by atoms with Gasteiger partial charge in [0.25, 0.3) is 0 Å². The topological polar surface area (TPSA) is 67.1 Å². The maximum Gasteiger partial charge on any atom is 0.191 e. The van der Waals surface area contributed by atoms with Crippen LogP contribution in [0.3, 0.4) is 0 Å². The fourth-order valence-electron chi connectivity index (χ4n) is 2.39. The molecule has 2 aromatic heterocycles. The van der Waals surface area contributed by atoms with Crippen LogP contribution in [0.5, 0.6) is 0 Å². The molecule has 0 aliphatic heterocycles. The molecule has 0 radical (unpaired) electrons. The van der Waals surface area contributed by atoms with Crippen LogP contribution in [-0.4, -0.2) is 27.5 Å². The first-order valence-corrected chi connectivity index (χ1v) is 7.77. The molecule has 0 aliphatic rings. The summed E-state index contributed by atoms with van der Waals surface area (Å²) in [4.78, 5) is 12.7. The molecular formula is C18H20N6. The summed E-state index contributed by atoms with van der Waals surface area (Å²) >= 11 is 0. The number of nitrogens with zero attached hydrogens (tertiary/aromatic N) is 4. The van der Waals surface area contributed by atoms with E-state index in [-0.39, 0.29) is 0 Å². The maximum atomic E-state index is 4.30. The highest BCUT2D eigenvalue weighted by atomic mass is 15.2. The molecule has 0 spiro atoms. The number of para-hydroxylation sites is 1. The molecule has 0 atom stereocenters. The Bertz CT molecular complexity index is 780. The van der Waals surface area contributed by atoms with Crippen molar-refractivity contribution in [2.75, 3.05) is 7.05 Å². The summed E-state index contributed by atoms with van der Waals surface area (Å²) in [7, 11) is 1.76. The van der Waals surface area contributed by atoms with Crippen LogP contribution in [0.25, 0.3) is 5.69 Å². The molecule has 3 aromatic rings. The number of aromatic nitrogens is 3. The molecule has 24 heavy (non-hydrogen) atoms. The van der Waals surface area contributed by atoms with Gasteiger partial charge in [-0.15, -0.1) is 0 Å². The Hall–Kier alpha value is -3.15. The summed E-state index contributed by atoms with van der Waals surface area (Å²) in [6, 6.07) is 14.1. The van der Waals surface area contributed by atoms with Crippen molar-refractivity contribution >= 4 is 5.96 Å². The van der Waals surface area contributed by atoms with Gasteiger partial charge < -0.3 is 15.2 Å². The van der Waals surface area contributed by atoms with Crippen molar-refractivity contribution in [1.82, 2.24) is 25.2 Å². The molecule has 2 heterocycles. The van der Waals surface area contributed by atoms with Gasteiger partial charge in [0.1, 0.15) is 0 Å². The average molecular weight is 320 g/mol. The lowest BCUT2D eigenvalue weighted by Crippen LogP contribution is -2.36. The van der Waals surface area contributed by atoms with Gasteiger partial charge in [0.05, 0.1) is 24.3 Å². The van der Waals surface area contributed by atoms with Crippen molar-refractivity contribution < 1.29 is 0 Å². The van der Waals surface area contributed by atoms with Crippen molar-refractivity contribution in [2.24, 2.45) is 4.99 Å². The molecule has 2 N–H and O–H groups in total. The second kappa shape index (κ2) is 7.92. The zero-order valence-corrected chi connectivity index (χ0v) is 13.6. The molecule has 6 nitrogen and oxygen atoms in total. The Morgan fingerprint density at radius 1 is 1.04 bits per heavy atom. The first-order chi connectivity index (χ1) is 11.9. The minimum absolute atomic E-state index is 0.629. The summed E-state index contributed by atoms with van der Waals surface area (Å²) in [5, 5.41) is 6.60. The van der Waals surface area contributed by atoms with Crippen molar-refractivity contribution in [3.05, 3.63) is 78.6 Å². The van der Waals surface area contributed by atoms with Crippen LogP contribution in [0, 0.1) is 0 Å². The highest BCUT2D eigenvalue weighted by Crippen LogP contribution is 2.13. The number of pyridine rings is 1. The summed E-state index contributed by atoms with van der Waals surface area (Å²) < 4.78 is 2.00. The van der Waals surface area contributed by atoms with Crippen LogP contribution in [-0.2, 0) is 13.1 Å². The molecule has 0 amide bonds. The molecule has 122 valence electrons. The zero-order valence-electron chi connectivity index (χ0n) is 13.6. The minimum Gasteiger partial charge on any atom is -0.352 e. The maximum absolute atomic E-state index is 4.30. The van der Waals surface area contributed by atoms with E-state index >= 15 is 0 Å². The third kappa shape index (κ3) is 3.98. The van der Waals surface area contributed by atoms with E-state index < -0.39 is 0 Å². The van der Waals surface area contributed by atoms with E-state index in [0.29, 0.717) is 13.1 Å². The summed E-state index contributed by atoms with van der Waals surface area (Å²) in [6.45, 7) is 1.29. The molecule has 0 fully saturated rings. The minimum atomic E-state index is 0.629. The number of hydrogen-bond donors (Lipinski definition) is 2. The molecule has 1 aromatic carbocycles. The van der Waals surface area contributed by atoms with Gasteiger partial charge in [0, 0.05) is 32.2 Å². The fraction of sp³-hybridized carbons (Fsp3) is 0.167. The smallest absolute Gasteiger partial charge is 0.191 e. The van der Waals surface area contributed by atoms with Gasteiger partial charge in [-0.25, -0.2) is 4.98 Å². The van der Waals surface area contributed by atoms with Gasteiger partial charge in [-0.2, -0.15) is 0 Å². The van der Waals surface area contributed by atoms with E-state index in [9.17, 15) is 0 Å². The SMILES string of the molecule is CN=C(NCc1ccccn1)NCc1ccccc1-n1ccnc1. The van der Waals surface area contributed by atoms with Crippen molar-refractivity contribution in [2.45, 2.75) is 13.1 Å². The van der Waals surface area contributed by atoms with Crippen LogP contribution in [0.15, 0.2) is 72.4 Å². The Balaban J connectivity index is 1.62. The van der Waals surface area contributed by atoms with E-state index in [1.54, 1.807) is 25.8 Å². The van der Waals surface area contributed by atoms with E-state index in [2.05, 4.69) is 37.7 Å². The van der Waals surface area contributed by atoms with Gasteiger partial charge in [-0.3, -0.25) is 9.98 Å². The van der Waals surface area contributed by atoms with E-state index in [1.165, 1.54) is 0 Å². The second-order valence-electron chi connectivity index (χ2n) is 5.20. The van der Waals surface area contributed by atoms with Crippen LogP contribution in [0.4, 0.5) is 0 Å². The average Bonchev–Trinajstić information content (AvgIpc) is 3.17. The second-order valence-corrected chi connectivity index (χ2v) is 5.20. The lowest BCUT2D eigenvalue weighted by molar-refractivity contribution is 0.790. The number of guanidine groups is 1. The Morgan fingerprint density at radius 3 is 2.62 bits per heavy atom. The highest BCUT2D eigenvalue weighted by Gasteiger charge is 2.05. The van der Waals surface area contributed by atoms with Crippen molar-refractivity contribution in [3.8, 4) is 5.69 Å². The lowest BCUT2D eigenvalue weighted by atomic mass is 10.1. The molecule has 0 saturated carbocycles. The Labute approximate surface area is 141 Å². The van der Waals surface area contributed by atoms with Crippen molar-refractivity contribution in [1.29, 1.82) is 0 Å². The number of hydrogen-bond acceptors (Lipinski definition) is 3. The first kappa shape index (κ1) is 15.7. The largest absolute Gasteiger partial charge is 0.352 e. The monoisotopic (exact) mass is 320 g/mol. The lowest BCUT2D eigenvalue weighted by Gasteiger charge is -2.14. The van der Waals surface area contributed by atoms with Gasteiger partial charge in [-0.1, -0.05) is 24.3 Å². The van der Waals surface area contributed by atoms with Gasteiger partial charge >= 0.3 is 0 Å². The molecule has 0 aliphatic carbocycles. The predicted molar refractivity (Wildman–Crippen MR) is 94.8 cm³/mol. The number of imidazole rings is 1. The standard InChI is InChI=1S/C18H20N6/c1-19-18(23-13-16-7-4-5-9-21-16)22-12-15-6-2-3-8-17(15)24-11-10-20-14-24/h2-11,14H,12-13H2,1H3,(H2,19,22,23). The van der Waals surface area contributed by atoms with Crippen LogP contribution >= 0.6 is 0 Å². The normalized spacial score (nSPS) is 11.3. The van der Waals surface area contributed by atoms with Gasteiger partial charge in [0.2, 0.25) is 0 Å². The zero-order chi connectivity index (χ0) is 16.6. The third-order valence-electron chi connectivity index (χ3n) is 3.61. The molecule has 0 bridgehead atoms. The Kier molecular flexibility index (Phi) is 5.19. The number of benzene rings is 1. The first-order valence-electron chi connectivity index (χ1n) is 7.77. The molecule has 0 unspecified atom stereocenters. The summed E-state index contributed by atoms with van der Waals surface area (Å²) in [6.07, 6.45) is 7.30. The third-order valence-corrected chi connectivity index (χ3v) is 3.61. The predicted octanol–water partition coefficient (Wildman–Crippen LogP) is 2.13. The summed E-state index contributed by atoms with van der Waals surface area (Å²) in [5.41, 5.74) is 3.23. The van der Waals surface area contributed by atoms with E-state index in [0.717, 1.165) is 22.9 Å². The van der Waals surface area contributed by atoms with Gasteiger partial charge in [-0.05, 0) is 23.8 Å². The quantitative estimate of drug-likeness (QED) is 0.558. The van der Waals surface area contributed by atoms with E-state index in [1.807, 2.05) is 41.1 Å². The molecule has 0 saturated heterocycles. The Morgan fingerprint density at radius 2 is 1.88 bits per heavy atom. The van der Waals surface area contributed by atoms with Crippen LogP contribution in [0.1, 0.15) is 11.3 Å². The van der Waals surface area contributed by atoms with Crippen molar-refractivity contribution in [3.63, 3.8) is 0 Å². The number of aliphatic imine (C=N–C) groups is 1. The number of nitrogens with one attached hydrogen (secondary N) is 2. The van der Waals surface area contributed by atoms with E-state index in [4.69, 9.17) is 0 Å². The summed E-state index contributed by atoms with van der Waals surface area (Å²) in [5.74, 6) is 0.737. The van der Waals surface area contributed by atoms with Crippen LogP contribution < -0.4 is 10.6 Å². The number of rotatable bonds is 5. The molecule has 6 heteroatoms.